The molecule has 2 aliphatic carbocycles. The average molecular weight is 453 g/mol. The van der Waals surface area contributed by atoms with Gasteiger partial charge in [-0.3, -0.25) is 4.90 Å². The number of likely N-dealkylation sites (tertiary alicyclic amines) is 1. The van der Waals surface area contributed by atoms with Crippen molar-refractivity contribution >= 4 is 22.4 Å². The molecule has 3 aliphatic rings. The first kappa shape index (κ1) is 23.8. The molecule has 1 saturated heterocycles. The number of nitrogens with zero attached hydrogens (tertiary/aromatic N) is 2. The van der Waals surface area contributed by atoms with E-state index in [0.29, 0.717) is 10.9 Å². The number of aryl methyl sites for hydroxylation is 1. The topological polar surface area (TPSA) is 40.6 Å². The second-order valence-electron chi connectivity index (χ2n) is 9.39. The van der Waals surface area contributed by atoms with Crippen molar-refractivity contribution < 1.29 is 8.42 Å². The van der Waals surface area contributed by atoms with Crippen LogP contribution in [0.4, 0.5) is 0 Å². The number of likely N-dealkylation sites (N-methyl/N-ethyl adjacent to an activating group) is 1. The summed E-state index contributed by atoms with van der Waals surface area (Å²) in [5.41, 5.74) is 0.974. The lowest BCUT2D eigenvalue weighted by molar-refractivity contribution is 0.0923. The molecule has 4 nitrogen and oxygen atoms in total. The molecule has 1 aliphatic heterocycles. The zero-order valence-electron chi connectivity index (χ0n) is 18.4. The van der Waals surface area contributed by atoms with Gasteiger partial charge in [-0.15, -0.1) is 12.4 Å². The van der Waals surface area contributed by atoms with Crippen LogP contribution in [0.5, 0.6) is 0 Å². The maximum Gasteiger partial charge on any atom is 0.243 e. The van der Waals surface area contributed by atoms with Gasteiger partial charge in [0.25, 0.3) is 0 Å². The summed E-state index contributed by atoms with van der Waals surface area (Å²) in [6.45, 7) is 4.28. The van der Waals surface area contributed by atoms with E-state index in [9.17, 15) is 8.42 Å². The molecule has 0 radical (unpaired) electrons. The van der Waals surface area contributed by atoms with Crippen molar-refractivity contribution in [3.05, 3.63) is 42.0 Å². The molecule has 0 bridgehead atoms. The Labute approximate surface area is 189 Å². The first-order chi connectivity index (χ1) is 13.9. The normalized spacial score (nSPS) is 28.6. The van der Waals surface area contributed by atoms with Crippen LogP contribution < -0.4 is 0 Å². The van der Waals surface area contributed by atoms with Crippen molar-refractivity contribution in [2.45, 2.75) is 75.3 Å². The summed E-state index contributed by atoms with van der Waals surface area (Å²) in [6.07, 6.45) is 15.0. The third kappa shape index (κ3) is 5.12. The average Bonchev–Trinajstić information content (AvgIpc) is 3.24. The van der Waals surface area contributed by atoms with Crippen LogP contribution in [-0.2, 0) is 10.0 Å². The molecule has 6 heteroatoms. The van der Waals surface area contributed by atoms with Crippen LogP contribution in [0.25, 0.3) is 0 Å². The van der Waals surface area contributed by atoms with Gasteiger partial charge in [-0.05, 0) is 62.3 Å². The molecule has 1 heterocycles. The molecule has 0 amide bonds. The van der Waals surface area contributed by atoms with Gasteiger partial charge in [0.05, 0.1) is 4.90 Å². The number of halogens is 1. The van der Waals surface area contributed by atoms with Gasteiger partial charge >= 0.3 is 0 Å². The maximum atomic E-state index is 13.1. The number of sulfonamides is 1. The monoisotopic (exact) mass is 452 g/mol. The van der Waals surface area contributed by atoms with E-state index < -0.39 is 10.0 Å². The van der Waals surface area contributed by atoms with E-state index in [4.69, 9.17) is 0 Å². The summed E-state index contributed by atoms with van der Waals surface area (Å²) in [7, 11) is -1.73. The van der Waals surface area contributed by atoms with Crippen molar-refractivity contribution in [3.8, 4) is 0 Å². The number of rotatable bonds is 5. The van der Waals surface area contributed by atoms with E-state index in [1.807, 2.05) is 19.1 Å². The first-order valence-corrected chi connectivity index (χ1v) is 12.9. The van der Waals surface area contributed by atoms with Gasteiger partial charge in [0.15, 0.2) is 0 Å². The third-order valence-corrected chi connectivity index (χ3v) is 9.33. The van der Waals surface area contributed by atoms with E-state index in [1.165, 1.54) is 51.5 Å². The Bertz CT molecular complexity index is 835. The number of piperidine rings is 1. The quantitative estimate of drug-likeness (QED) is 0.588. The molecule has 4 rings (SSSR count). The smallest absolute Gasteiger partial charge is 0.243 e. The summed E-state index contributed by atoms with van der Waals surface area (Å²) in [4.78, 5) is 3.03. The van der Waals surface area contributed by atoms with Gasteiger partial charge in [-0.25, -0.2) is 8.42 Å². The van der Waals surface area contributed by atoms with Crippen LogP contribution in [0.2, 0.25) is 0 Å². The van der Waals surface area contributed by atoms with Crippen molar-refractivity contribution in [2.75, 3.05) is 20.1 Å². The zero-order chi connectivity index (χ0) is 20.4. The van der Waals surface area contributed by atoms with E-state index in [0.717, 1.165) is 30.4 Å². The van der Waals surface area contributed by atoms with E-state index >= 15 is 0 Å². The lowest BCUT2D eigenvalue weighted by Crippen LogP contribution is -2.45. The Morgan fingerprint density at radius 2 is 1.73 bits per heavy atom. The van der Waals surface area contributed by atoms with E-state index in [1.54, 1.807) is 23.5 Å². The molecule has 30 heavy (non-hydrogen) atoms. The lowest BCUT2D eigenvalue weighted by atomic mass is 9.76. The molecule has 1 aromatic carbocycles. The molecule has 1 aromatic rings. The Morgan fingerprint density at radius 1 is 1.00 bits per heavy atom. The fourth-order valence-electron chi connectivity index (χ4n) is 5.65. The Hall–Kier alpha value is -0.880. The number of benzene rings is 1. The Balaban J connectivity index is 0.00000256. The summed E-state index contributed by atoms with van der Waals surface area (Å²) in [5, 5.41) is 0. The summed E-state index contributed by atoms with van der Waals surface area (Å²) in [5.74, 6) is 1.75. The zero-order valence-corrected chi connectivity index (χ0v) is 20.0. The molecular weight excluding hydrogens is 416 g/mol. The first-order valence-electron chi connectivity index (χ1n) is 11.4. The highest BCUT2D eigenvalue weighted by molar-refractivity contribution is 7.89. The summed E-state index contributed by atoms with van der Waals surface area (Å²) >= 11 is 0. The second kappa shape index (κ2) is 10.2. The molecule has 0 aromatic heterocycles. The van der Waals surface area contributed by atoms with Crippen LogP contribution in [-0.4, -0.2) is 49.8 Å². The van der Waals surface area contributed by atoms with Crippen LogP contribution >= 0.6 is 12.4 Å². The van der Waals surface area contributed by atoms with Crippen LogP contribution in [0, 0.1) is 18.8 Å². The summed E-state index contributed by atoms with van der Waals surface area (Å²) in [6, 6.07) is 7.55. The predicted octanol–water partition coefficient (Wildman–Crippen LogP) is 5.03. The maximum absolute atomic E-state index is 13.1. The molecule has 2 fully saturated rings. The molecule has 3 atom stereocenters. The van der Waals surface area contributed by atoms with Gasteiger partial charge < -0.3 is 0 Å². The minimum Gasteiger partial charge on any atom is -0.297 e. The van der Waals surface area contributed by atoms with E-state index in [-0.39, 0.29) is 18.4 Å². The Kier molecular flexibility index (Phi) is 8.05. The minimum atomic E-state index is -3.46. The minimum absolute atomic E-state index is 0. The SMILES string of the molecule is Cc1cccc(S(=O)(=O)N(C)[C@@H]2C=CC(N3CCC[C@@H](C4CCCCC4)C3)C2)c1.Cl. The number of hydrogen-bond acceptors (Lipinski definition) is 3. The second-order valence-corrected chi connectivity index (χ2v) is 11.4. The van der Waals surface area contributed by atoms with Crippen molar-refractivity contribution in [1.82, 2.24) is 9.21 Å². The van der Waals surface area contributed by atoms with Crippen LogP contribution in [0.1, 0.15) is 56.9 Å². The molecule has 0 N–H and O–H groups in total. The lowest BCUT2D eigenvalue weighted by Gasteiger charge is -2.41. The molecule has 1 unspecified atom stereocenters. The fraction of sp³-hybridized carbons (Fsp3) is 0.667. The third-order valence-electron chi connectivity index (χ3n) is 7.45. The molecule has 1 saturated carbocycles. The van der Waals surface area contributed by atoms with Gasteiger partial charge in [0.1, 0.15) is 0 Å². The molecule has 168 valence electrons. The molecule has 0 spiro atoms. The number of hydrogen-bond donors (Lipinski definition) is 0. The highest BCUT2D eigenvalue weighted by atomic mass is 35.5. The highest BCUT2D eigenvalue weighted by Gasteiger charge is 2.36. The predicted molar refractivity (Wildman–Crippen MR) is 126 cm³/mol. The van der Waals surface area contributed by atoms with Gasteiger partial charge in [-0.1, -0.05) is 56.4 Å². The van der Waals surface area contributed by atoms with Gasteiger partial charge in [0, 0.05) is 25.7 Å². The van der Waals surface area contributed by atoms with Crippen molar-refractivity contribution in [3.63, 3.8) is 0 Å². The van der Waals surface area contributed by atoms with Crippen molar-refractivity contribution in [2.24, 2.45) is 11.8 Å². The van der Waals surface area contributed by atoms with Crippen LogP contribution in [0.3, 0.4) is 0 Å². The van der Waals surface area contributed by atoms with Gasteiger partial charge in [-0.2, -0.15) is 4.31 Å². The van der Waals surface area contributed by atoms with Crippen molar-refractivity contribution in [1.29, 1.82) is 0 Å². The standard InChI is InChI=1S/C24H36N2O2S.ClH/c1-19-8-6-12-24(16-19)29(27,28)25(2)22-13-14-23(17-22)26-15-7-11-21(18-26)20-9-4-3-5-10-20;/h6,8,12-14,16,20-23H,3-5,7,9-11,15,17-18H2,1-2H3;1H/t21-,22-,23?;/m1./s1. The van der Waals surface area contributed by atoms with Crippen LogP contribution in [0.15, 0.2) is 41.3 Å². The largest absolute Gasteiger partial charge is 0.297 e. The fourth-order valence-corrected chi connectivity index (χ4v) is 7.08. The van der Waals surface area contributed by atoms with E-state index in [2.05, 4.69) is 17.1 Å². The van der Waals surface area contributed by atoms with Gasteiger partial charge in [0.2, 0.25) is 10.0 Å². The molecular formula is C24H37ClN2O2S. The summed E-state index contributed by atoms with van der Waals surface area (Å²) < 4.78 is 27.8. The Morgan fingerprint density at radius 3 is 2.47 bits per heavy atom. The highest BCUT2D eigenvalue weighted by Crippen LogP contribution is 2.36.